The summed E-state index contributed by atoms with van der Waals surface area (Å²) in [4.78, 5) is 11.0. The number of carbonyl (C=O) groups is 1. The van der Waals surface area contributed by atoms with Gasteiger partial charge in [-0.3, -0.25) is 0 Å². The highest BCUT2D eigenvalue weighted by Crippen LogP contribution is 2.31. The smallest absolute Gasteiger partial charge is 0.337 e. The van der Waals surface area contributed by atoms with Gasteiger partial charge in [-0.15, -0.1) is 0 Å². The molecule has 0 aliphatic heterocycles. The fourth-order valence-electron chi connectivity index (χ4n) is 2.71. The van der Waals surface area contributed by atoms with E-state index in [9.17, 15) is 4.79 Å². The summed E-state index contributed by atoms with van der Waals surface area (Å²) in [7, 11) is 0. The minimum Gasteiger partial charge on any atom is -0.478 e. The molecule has 1 saturated carbocycles. The second-order valence-electron chi connectivity index (χ2n) is 4.85. The zero-order chi connectivity index (χ0) is 13.1. The van der Waals surface area contributed by atoms with Crippen LogP contribution in [0.1, 0.15) is 43.0 Å². The molecule has 98 valence electrons. The Hall–Kier alpha value is -1.22. The van der Waals surface area contributed by atoms with Gasteiger partial charge >= 0.3 is 5.97 Å². The first kappa shape index (κ1) is 13.2. The van der Waals surface area contributed by atoms with Crippen molar-refractivity contribution in [3.8, 4) is 0 Å². The van der Waals surface area contributed by atoms with Crippen molar-refractivity contribution in [2.45, 2.75) is 38.6 Å². The third kappa shape index (κ3) is 2.78. The summed E-state index contributed by atoms with van der Waals surface area (Å²) in [6, 6.07) is 5.57. The number of nitrogens with one attached hydrogen (secondary N) is 1. The summed E-state index contributed by atoms with van der Waals surface area (Å²) < 4.78 is 0. The van der Waals surface area contributed by atoms with E-state index >= 15 is 0 Å². The van der Waals surface area contributed by atoms with Crippen molar-refractivity contribution in [3.63, 3.8) is 0 Å². The summed E-state index contributed by atoms with van der Waals surface area (Å²) in [5.74, 6) is -0.295. The van der Waals surface area contributed by atoms with Crippen LogP contribution in [-0.4, -0.2) is 17.1 Å². The first-order chi connectivity index (χ1) is 8.61. The topological polar surface area (TPSA) is 49.3 Å². The molecule has 0 spiro atoms. The van der Waals surface area contributed by atoms with E-state index in [0.29, 0.717) is 12.0 Å². The Bertz CT molecular complexity index is 447. The zero-order valence-electron chi connectivity index (χ0n) is 10.4. The van der Waals surface area contributed by atoms with Crippen molar-refractivity contribution >= 4 is 23.3 Å². The molecule has 2 atom stereocenters. The van der Waals surface area contributed by atoms with Gasteiger partial charge in [0.2, 0.25) is 0 Å². The lowest BCUT2D eigenvalue weighted by molar-refractivity contribution is 0.0697. The summed E-state index contributed by atoms with van der Waals surface area (Å²) >= 11 is 5.86. The molecule has 1 aliphatic carbocycles. The predicted molar refractivity (Wildman–Crippen MR) is 73.5 cm³/mol. The summed E-state index contributed by atoms with van der Waals surface area (Å²) in [5, 5.41) is 12.8. The molecule has 1 aromatic rings. The summed E-state index contributed by atoms with van der Waals surface area (Å²) in [5.41, 5.74) is 1.01. The predicted octanol–water partition coefficient (Wildman–Crippen LogP) is 4.03. The number of benzene rings is 1. The fraction of sp³-hybridized carbons (Fsp3) is 0.500. The highest BCUT2D eigenvalue weighted by atomic mass is 35.5. The molecule has 0 bridgehead atoms. The van der Waals surface area contributed by atoms with Crippen LogP contribution in [0.4, 0.5) is 5.69 Å². The quantitative estimate of drug-likeness (QED) is 0.866. The Morgan fingerprint density at radius 2 is 2.28 bits per heavy atom. The number of rotatable bonds is 4. The van der Waals surface area contributed by atoms with E-state index in [1.54, 1.807) is 12.1 Å². The molecule has 0 amide bonds. The molecule has 2 unspecified atom stereocenters. The number of carboxylic acid groups (broad SMARTS) is 1. The number of carboxylic acids is 1. The second kappa shape index (κ2) is 5.61. The van der Waals surface area contributed by atoms with Crippen molar-refractivity contribution in [2.75, 3.05) is 5.32 Å². The monoisotopic (exact) mass is 267 g/mol. The van der Waals surface area contributed by atoms with Crippen LogP contribution in [0.15, 0.2) is 18.2 Å². The van der Waals surface area contributed by atoms with Crippen LogP contribution in [0.5, 0.6) is 0 Å². The lowest BCUT2D eigenvalue weighted by atomic mass is 10.0. The van der Waals surface area contributed by atoms with E-state index in [-0.39, 0.29) is 10.6 Å². The Morgan fingerprint density at radius 1 is 1.50 bits per heavy atom. The van der Waals surface area contributed by atoms with Crippen LogP contribution in [0.25, 0.3) is 0 Å². The third-order valence-corrected chi connectivity index (χ3v) is 4.06. The minimum atomic E-state index is -0.984. The van der Waals surface area contributed by atoms with Crippen LogP contribution in [0.3, 0.4) is 0 Å². The summed E-state index contributed by atoms with van der Waals surface area (Å²) in [6.07, 6.45) is 4.82. The lowest BCUT2D eigenvalue weighted by Crippen LogP contribution is -2.23. The van der Waals surface area contributed by atoms with Gasteiger partial charge < -0.3 is 10.4 Å². The number of aromatic carboxylic acids is 1. The van der Waals surface area contributed by atoms with Gasteiger partial charge in [-0.2, -0.15) is 0 Å². The molecule has 2 rings (SSSR count). The molecule has 0 heterocycles. The largest absolute Gasteiger partial charge is 0.478 e. The van der Waals surface area contributed by atoms with Crippen molar-refractivity contribution in [2.24, 2.45) is 5.92 Å². The minimum absolute atomic E-state index is 0.160. The average molecular weight is 268 g/mol. The van der Waals surface area contributed by atoms with Crippen LogP contribution in [-0.2, 0) is 0 Å². The highest BCUT2D eigenvalue weighted by Gasteiger charge is 2.25. The standard InChI is InChI=1S/C14H18ClNO2/c1-2-9-4-3-5-13(9)16-10-6-7-12(15)11(8-10)14(17)18/h6-9,13,16H,2-5H2,1H3,(H,17,18). The highest BCUT2D eigenvalue weighted by molar-refractivity contribution is 6.33. The molecule has 0 aromatic heterocycles. The second-order valence-corrected chi connectivity index (χ2v) is 5.26. The Morgan fingerprint density at radius 3 is 2.94 bits per heavy atom. The molecule has 4 heteroatoms. The van der Waals surface area contributed by atoms with E-state index < -0.39 is 5.97 Å². The number of anilines is 1. The van der Waals surface area contributed by atoms with Gasteiger partial charge in [-0.1, -0.05) is 31.4 Å². The maximum atomic E-state index is 11.0. The molecular weight excluding hydrogens is 250 g/mol. The Kier molecular flexibility index (Phi) is 4.12. The fourth-order valence-corrected chi connectivity index (χ4v) is 2.91. The van der Waals surface area contributed by atoms with E-state index in [2.05, 4.69) is 12.2 Å². The average Bonchev–Trinajstić information content (AvgIpc) is 2.78. The molecule has 2 N–H and O–H groups in total. The maximum absolute atomic E-state index is 11.0. The van der Waals surface area contributed by atoms with Gasteiger partial charge in [-0.25, -0.2) is 4.79 Å². The van der Waals surface area contributed by atoms with Crippen molar-refractivity contribution in [1.82, 2.24) is 0 Å². The van der Waals surface area contributed by atoms with Gasteiger partial charge in [0.05, 0.1) is 10.6 Å². The van der Waals surface area contributed by atoms with Crippen molar-refractivity contribution < 1.29 is 9.90 Å². The van der Waals surface area contributed by atoms with Crippen LogP contribution in [0.2, 0.25) is 5.02 Å². The first-order valence-electron chi connectivity index (χ1n) is 6.41. The van der Waals surface area contributed by atoms with E-state index in [4.69, 9.17) is 16.7 Å². The van der Waals surface area contributed by atoms with Crippen LogP contribution >= 0.6 is 11.6 Å². The molecule has 1 aromatic carbocycles. The maximum Gasteiger partial charge on any atom is 0.337 e. The van der Waals surface area contributed by atoms with Crippen LogP contribution in [0, 0.1) is 5.92 Å². The summed E-state index contributed by atoms with van der Waals surface area (Å²) in [6.45, 7) is 2.20. The molecule has 18 heavy (non-hydrogen) atoms. The molecule has 1 fully saturated rings. The third-order valence-electron chi connectivity index (χ3n) is 3.73. The van der Waals surface area contributed by atoms with Gasteiger partial charge in [0, 0.05) is 11.7 Å². The molecule has 1 aliphatic rings. The van der Waals surface area contributed by atoms with Gasteiger partial charge in [0.15, 0.2) is 0 Å². The van der Waals surface area contributed by atoms with Crippen molar-refractivity contribution in [3.05, 3.63) is 28.8 Å². The number of hydrogen-bond acceptors (Lipinski definition) is 2. The first-order valence-corrected chi connectivity index (χ1v) is 6.79. The Balaban J connectivity index is 2.14. The SMILES string of the molecule is CCC1CCCC1Nc1ccc(Cl)c(C(=O)O)c1. The normalized spacial score (nSPS) is 23.0. The number of halogens is 1. The van der Waals surface area contributed by atoms with E-state index in [0.717, 1.165) is 18.5 Å². The Labute approximate surface area is 112 Å². The molecule has 3 nitrogen and oxygen atoms in total. The number of hydrogen-bond donors (Lipinski definition) is 2. The van der Waals surface area contributed by atoms with Crippen LogP contribution < -0.4 is 5.32 Å². The molecular formula is C14H18ClNO2. The zero-order valence-corrected chi connectivity index (χ0v) is 11.2. The van der Waals surface area contributed by atoms with Crippen molar-refractivity contribution in [1.29, 1.82) is 0 Å². The van der Waals surface area contributed by atoms with E-state index in [1.807, 2.05) is 6.07 Å². The van der Waals surface area contributed by atoms with Gasteiger partial charge in [-0.05, 0) is 37.0 Å². The van der Waals surface area contributed by atoms with Gasteiger partial charge in [0.25, 0.3) is 0 Å². The lowest BCUT2D eigenvalue weighted by Gasteiger charge is -2.21. The van der Waals surface area contributed by atoms with E-state index in [1.165, 1.54) is 12.8 Å². The molecule has 0 saturated heterocycles. The van der Waals surface area contributed by atoms with Gasteiger partial charge in [0.1, 0.15) is 0 Å². The molecule has 0 radical (unpaired) electrons.